The molecule has 0 atom stereocenters. The topological polar surface area (TPSA) is 63.9 Å². The van der Waals surface area contributed by atoms with Crippen LogP contribution in [-0.4, -0.2) is 42.9 Å². The average Bonchev–Trinajstić information content (AvgIpc) is 3.05. The third-order valence-corrected chi connectivity index (χ3v) is 5.10. The second-order valence-electron chi connectivity index (χ2n) is 5.93. The number of rotatable bonds is 7. The van der Waals surface area contributed by atoms with Crippen LogP contribution in [0.1, 0.15) is 12.5 Å². The Morgan fingerprint density at radius 1 is 1.22 bits per heavy atom. The molecule has 1 amide bonds. The van der Waals surface area contributed by atoms with E-state index >= 15 is 0 Å². The molecular formula is C19H20FN5OS. The van der Waals surface area contributed by atoms with Crippen molar-refractivity contribution in [2.75, 3.05) is 12.3 Å². The van der Waals surface area contributed by atoms with Crippen LogP contribution in [0.3, 0.4) is 0 Å². The predicted octanol–water partition coefficient (Wildman–Crippen LogP) is 3.16. The molecule has 0 saturated carbocycles. The standard InChI is InChI=1S/C19H20FN5OS/c1-3-25(12-14-5-4-6-16(20)11-14)17(26)13-27-19-23-22-18(24(19)2)15-7-9-21-10-8-15/h4-11H,3,12-13H2,1-2H3. The molecule has 140 valence electrons. The second-order valence-corrected chi connectivity index (χ2v) is 6.87. The lowest BCUT2D eigenvalue weighted by Crippen LogP contribution is -2.31. The lowest BCUT2D eigenvalue weighted by atomic mass is 10.2. The van der Waals surface area contributed by atoms with Crippen molar-refractivity contribution in [2.24, 2.45) is 7.05 Å². The molecule has 3 aromatic rings. The van der Waals surface area contributed by atoms with Crippen molar-refractivity contribution in [1.82, 2.24) is 24.6 Å². The van der Waals surface area contributed by atoms with Crippen LogP contribution in [0, 0.1) is 5.82 Å². The van der Waals surface area contributed by atoms with E-state index in [4.69, 9.17) is 0 Å². The molecule has 0 spiro atoms. The molecule has 2 heterocycles. The third-order valence-electron chi connectivity index (χ3n) is 4.10. The van der Waals surface area contributed by atoms with Crippen LogP contribution in [0.25, 0.3) is 11.4 Å². The van der Waals surface area contributed by atoms with Gasteiger partial charge < -0.3 is 9.47 Å². The summed E-state index contributed by atoms with van der Waals surface area (Å²) < 4.78 is 15.2. The van der Waals surface area contributed by atoms with Crippen molar-refractivity contribution in [3.05, 3.63) is 60.2 Å². The molecule has 0 fully saturated rings. The van der Waals surface area contributed by atoms with Gasteiger partial charge in [0.25, 0.3) is 0 Å². The second kappa shape index (κ2) is 8.77. The number of pyridine rings is 1. The van der Waals surface area contributed by atoms with E-state index < -0.39 is 0 Å². The molecule has 0 radical (unpaired) electrons. The van der Waals surface area contributed by atoms with Gasteiger partial charge in [-0.15, -0.1) is 10.2 Å². The fourth-order valence-electron chi connectivity index (χ4n) is 2.64. The number of benzene rings is 1. The Morgan fingerprint density at radius 2 is 2.00 bits per heavy atom. The van der Waals surface area contributed by atoms with Crippen molar-refractivity contribution in [2.45, 2.75) is 18.6 Å². The minimum absolute atomic E-state index is 0.0276. The van der Waals surface area contributed by atoms with E-state index in [-0.39, 0.29) is 17.5 Å². The summed E-state index contributed by atoms with van der Waals surface area (Å²) in [6, 6.07) is 10.0. The highest BCUT2D eigenvalue weighted by atomic mass is 32.2. The summed E-state index contributed by atoms with van der Waals surface area (Å²) >= 11 is 1.34. The van der Waals surface area contributed by atoms with Gasteiger partial charge in [0, 0.05) is 38.1 Å². The van der Waals surface area contributed by atoms with Gasteiger partial charge in [-0.1, -0.05) is 23.9 Å². The van der Waals surface area contributed by atoms with Crippen molar-refractivity contribution in [3.63, 3.8) is 0 Å². The molecule has 0 aliphatic heterocycles. The van der Waals surface area contributed by atoms with E-state index in [1.54, 1.807) is 23.4 Å². The molecular weight excluding hydrogens is 365 g/mol. The van der Waals surface area contributed by atoms with Crippen LogP contribution in [0.5, 0.6) is 0 Å². The summed E-state index contributed by atoms with van der Waals surface area (Å²) in [5.74, 6) is 0.638. The average molecular weight is 385 g/mol. The summed E-state index contributed by atoms with van der Waals surface area (Å²) in [5.41, 5.74) is 1.69. The third kappa shape index (κ3) is 4.71. The smallest absolute Gasteiger partial charge is 0.233 e. The molecule has 1 aromatic carbocycles. The molecule has 27 heavy (non-hydrogen) atoms. The van der Waals surface area contributed by atoms with Crippen molar-refractivity contribution < 1.29 is 9.18 Å². The molecule has 0 aliphatic rings. The Morgan fingerprint density at radius 3 is 2.70 bits per heavy atom. The highest BCUT2D eigenvalue weighted by Gasteiger charge is 2.16. The molecule has 2 aromatic heterocycles. The number of carbonyl (C=O) groups excluding carboxylic acids is 1. The van der Waals surface area contributed by atoms with Gasteiger partial charge in [-0.3, -0.25) is 9.78 Å². The fraction of sp³-hybridized carbons (Fsp3) is 0.263. The molecule has 0 bridgehead atoms. The van der Waals surface area contributed by atoms with E-state index in [1.807, 2.05) is 36.7 Å². The lowest BCUT2D eigenvalue weighted by Gasteiger charge is -2.20. The van der Waals surface area contributed by atoms with Crippen LogP contribution in [0.2, 0.25) is 0 Å². The predicted molar refractivity (Wildman–Crippen MR) is 102 cm³/mol. The minimum Gasteiger partial charge on any atom is -0.338 e. The Balaban J connectivity index is 1.63. The van der Waals surface area contributed by atoms with Gasteiger partial charge in [-0.2, -0.15) is 0 Å². The van der Waals surface area contributed by atoms with Crippen molar-refractivity contribution in [1.29, 1.82) is 0 Å². The number of hydrogen-bond acceptors (Lipinski definition) is 5. The maximum absolute atomic E-state index is 13.3. The first-order valence-electron chi connectivity index (χ1n) is 8.53. The van der Waals surface area contributed by atoms with E-state index in [2.05, 4.69) is 15.2 Å². The summed E-state index contributed by atoms with van der Waals surface area (Å²) in [6.07, 6.45) is 3.40. The van der Waals surface area contributed by atoms with Gasteiger partial charge in [-0.25, -0.2) is 4.39 Å². The first kappa shape index (κ1) is 19.0. The maximum Gasteiger partial charge on any atom is 0.233 e. The Kier molecular flexibility index (Phi) is 6.18. The molecule has 0 unspecified atom stereocenters. The van der Waals surface area contributed by atoms with E-state index in [0.29, 0.717) is 18.2 Å². The van der Waals surface area contributed by atoms with Crippen molar-refractivity contribution in [3.8, 4) is 11.4 Å². The van der Waals surface area contributed by atoms with Crippen molar-refractivity contribution >= 4 is 17.7 Å². The molecule has 0 N–H and O–H groups in total. The monoisotopic (exact) mass is 385 g/mol. The van der Waals surface area contributed by atoms with Gasteiger partial charge in [0.1, 0.15) is 5.82 Å². The van der Waals surface area contributed by atoms with Crippen LogP contribution >= 0.6 is 11.8 Å². The number of halogens is 1. The van der Waals surface area contributed by atoms with Crippen LogP contribution < -0.4 is 0 Å². The first-order chi connectivity index (χ1) is 13.1. The maximum atomic E-state index is 13.3. The number of aromatic nitrogens is 4. The zero-order valence-corrected chi connectivity index (χ0v) is 16.0. The zero-order valence-electron chi connectivity index (χ0n) is 15.2. The number of nitrogens with zero attached hydrogens (tertiary/aromatic N) is 5. The highest BCUT2D eigenvalue weighted by molar-refractivity contribution is 7.99. The minimum atomic E-state index is -0.298. The van der Waals surface area contributed by atoms with Crippen LogP contribution in [-0.2, 0) is 18.4 Å². The van der Waals surface area contributed by atoms with Gasteiger partial charge in [0.15, 0.2) is 11.0 Å². The number of carbonyl (C=O) groups is 1. The quantitative estimate of drug-likeness (QED) is 0.585. The SMILES string of the molecule is CCN(Cc1cccc(F)c1)C(=O)CSc1nnc(-c2ccncc2)n1C. The number of thioether (sulfide) groups is 1. The van der Waals surface area contributed by atoms with Gasteiger partial charge >= 0.3 is 0 Å². The van der Waals surface area contributed by atoms with Gasteiger partial charge in [0.2, 0.25) is 5.91 Å². The summed E-state index contributed by atoms with van der Waals surface area (Å²) in [7, 11) is 1.87. The summed E-state index contributed by atoms with van der Waals surface area (Å²) in [6.45, 7) is 2.84. The van der Waals surface area contributed by atoms with Gasteiger partial charge in [0.05, 0.1) is 5.75 Å². The molecule has 0 aliphatic carbocycles. The molecule has 6 nitrogen and oxygen atoms in total. The lowest BCUT2D eigenvalue weighted by molar-refractivity contribution is -0.128. The first-order valence-corrected chi connectivity index (χ1v) is 9.52. The number of amides is 1. The van der Waals surface area contributed by atoms with E-state index in [9.17, 15) is 9.18 Å². The van der Waals surface area contributed by atoms with E-state index in [0.717, 1.165) is 17.0 Å². The number of hydrogen-bond donors (Lipinski definition) is 0. The Bertz CT molecular complexity index is 915. The van der Waals surface area contributed by atoms with Crippen LogP contribution in [0.15, 0.2) is 53.9 Å². The molecule has 8 heteroatoms. The van der Waals surface area contributed by atoms with Gasteiger partial charge in [-0.05, 0) is 36.8 Å². The normalized spacial score (nSPS) is 10.8. The Hall–Kier alpha value is -2.74. The molecule has 3 rings (SSSR count). The van der Waals surface area contributed by atoms with Crippen LogP contribution in [0.4, 0.5) is 4.39 Å². The fourth-order valence-corrected chi connectivity index (χ4v) is 3.46. The highest BCUT2D eigenvalue weighted by Crippen LogP contribution is 2.22. The zero-order chi connectivity index (χ0) is 19.2. The summed E-state index contributed by atoms with van der Waals surface area (Å²) in [4.78, 5) is 18.3. The Labute approximate surface area is 161 Å². The molecule has 0 saturated heterocycles. The van der Waals surface area contributed by atoms with E-state index in [1.165, 1.54) is 23.9 Å². The largest absolute Gasteiger partial charge is 0.338 e. The summed E-state index contributed by atoms with van der Waals surface area (Å²) in [5, 5.41) is 9.05.